The van der Waals surface area contributed by atoms with Crippen LogP contribution in [-0.4, -0.2) is 50.5 Å². The highest BCUT2D eigenvalue weighted by molar-refractivity contribution is 7.98. The van der Waals surface area contributed by atoms with Crippen molar-refractivity contribution in [2.45, 2.75) is 24.4 Å². The molecule has 0 spiro atoms. The van der Waals surface area contributed by atoms with Crippen LogP contribution in [0.3, 0.4) is 0 Å². The third kappa shape index (κ3) is 4.39. The molecule has 0 radical (unpaired) electrons. The van der Waals surface area contributed by atoms with E-state index >= 15 is 0 Å². The third-order valence-electron chi connectivity index (χ3n) is 5.40. The molecule has 0 atom stereocenters. The van der Waals surface area contributed by atoms with Gasteiger partial charge in [0.15, 0.2) is 5.16 Å². The van der Waals surface area contributed by atoms with Crippen molar-refractivity contribution in [3.63, 3.8) is 0 Å². The van der Waals surface area contributed by atoms with E-state index in [0.717, 1.165) is 35.5 Å². The van der Waals surface area contributed by atoms with Crippen LogP contribution in [0.2, 0.25) is 0 Å². The standard InChI is InChI=1S/C23H24N6O2S/c1-17-7-8-28-20(13-17)24-19(14-21(28)30)16-32-23-26-25-22(27-9-11-31-12-10-27)29(23)15-18-5-3-2-4-6-18/h2-8,13-14H,9-12,15-16H2,1H3. The highest BCUT2D eigenvalue weighted by atomic mass is 32.2. The van der Waals surface area contributed by atoms with Gasteiger partial charge in [-0.05, 0) is 30.2 Å². The van der Waals surface area contributed by atoms with Crippen molar-refractivity contribution in [1.82, 2.24) is 24.1 Å². The van der Waals surface area contributed by atoms with E-state index in [2.05, 4.69) is 36.8 Å². The van der Waals surface area contributed by atoms with Crippen molar-refractivity contribution in [2.24, 2.45) is 0 Å². The van der Waals surface area contributed by atoms with Gasteiger partial charge >= 0.3 is 0 Å². The fraction of sp³-hybridized carbons (Fsp3) is 0.304. The second-order valence-corrected chi connectivity index (χ2v) is 8.70. The summed E-state index contributed by atoms with van der Waals surface area (Å²) < 4.78 is 9.21. The van der Waals surface area contributed by atoms with E-state index in [-0.39, 0.29) is 5.56 Å². The maximum atomic E-state index is 12.5. The van der Waals surface area contributed by atoms with Crippen molar-refractivity contribution in [3.05, 3.63) is 81.9 Å². The summed E-state index contributed by atoms with van der Waals surface area (Å²) in [7, 11) is 0. The third-order valence-corrected chi connectivity index (χ3v) is 6.40. The summed E-state index contributed by atoms with van der Waals surface area (Å²) in [6.07, 6.45) is 1.77. The number of fused-ring (bicyclic) bond motifs is 1. The number of hydrogen-bond donors (Lipinski definition) is 0. The number of morpholine rings is 1. The van der Waals surface area contributed by atoms with Crippen LogP contribution < -0.4 is 10.5 Å². The van der Waals surface area contributed by atoms with E-state index in [0.29, 0.717) is 31.2 Å². The SMILES string of the molecule is Cc1ccn2c(=O)cc(CSc3nnc(N4CCOCC4)n3Cc3ccccc3)nc2c1. The summed E-state index contributed by atoms with van der Waals surface area (Å²) in [6.45, 7) is 5.62. The summed E-state index contributed by atoms with van der Waals surface area (Å²) >= 11 is 1.55. The molecule has 1 aromatic carbocycles. The van der Waals surface area contributed by atoms with E-state index in [1.165, 1.54) is 5.56 Å². The second-order valence-electron chi connectivity index (χ2n) is 7.76. The molecule has 32 heavy (non-hydrogen) atoms. The van der Waals surface area contributed by atoms with E-state index in [1.807, 2.05) is 37.3 Å². The molecule has 0 aliphatic carbocycles. The Morgan fingerprint density at radius 2 is 1.88 bits per heavy atom. The minimum absolute atomic E-state index is 0.0784. The van der Waals surface area contributed by atoms with Gasteiger partial charge in [0, 0.05) is 31.1 Å². The molecular weight excluding hydrogens is 424 g/mol. The molecular formula is C23H24N6O2S. The lowest BCUT2D eigenvalue weighted by atomic mass is 10.2. The molecule has 1 aliphatic rings. The van der Waals surface area contributed by atoms with E-state index < -0.39 is 0 Å². The van der Waals surface area contributed by atoms with Crippen LogP contribution in [0.15, 0.2) is 64.7 Å². The number of ether oxygens (including phenoxy) is 1. The van der Waals surface area contributed by atoms with Crippen LogP contribution in [0.5, 0.6) is 0 Å². The molecule has 0 unspecified atom stereocenters. The van der Waals surface area contributed by atoms with E-state index in [1.54, 1.807) is 28.4 Å². The number of hydrogen-bond acceptors (Lipinski definition) is 7. The smallest absolute Gasteiger partial charge is 0.258 e. The predicted octanol–water partition coefficient (Wildman–Crippen LogP) is 2.77. The van der Waals surface area contributed by atoms with Crippen molar-refractivity contribution in [2.75, 3.05) is 31.2 Å². The highest BCUT2D eigenvalue weighted by Crippen LogP contribution is 2.26. The number of aromatic nitrogens is 5. The Kier molecular flexibility index (Phi) is 5.91. The molecule has 1 aliphatic heterocycles. The first-order valence-corrected chi connectivity index (χ1v) is 11.6. The Labute approximate surface area is 189 Å². The minimum Gasteiger partial charge on any atom is -0.378 e. The summed E-state index contributed by atoms with van der Waals surface area (Å²) in [4.78, 5) is 19.4. The van der Waals surface area contributed by atoms with Crippen LogP contribution >= 0.6 is 11.8 Å². The first-order chi connectivity index (χ1) is 15.7. The Balaban J connectivity index is 1.43. The number of rotatable bonds is 6. The molecule has 4 heterocycles. The average molecular weight is 449 g/mol. The Hall–Kier alpha value is -3.17. The van der Waals surface area contributed by atoms with Crippen LogP contribution in [0.1, 0.15) is 16.8 Å². The van der Waals surface area contributed by atoms with Crippen LogP contribution in [0.25, 0.3) is 5.65 Å². The topological polar surface area (TPSA) is 77.5 Å². The van der Waals surface area contributed by atoms with Gasteiger partial charge in [0.1, 0.15) is 5.65 Å². The molecule has 4 aromatic rings. The zero-order chi connectivity index (χ0) is 21.9. The number of anilines is 1. The van der Waals surface area contributed by atoms with E-state index in [4.69, 9.17) is 4.74 Å². The second kappa shape index (κ2) is 9.13. The van der Waals surface area contributed by atoms with Gasteiger partial charge in [-0.1, -0.05) is 42.1 Å². The summed E-state index contributed by atoms with van der Waals surface area (Å²) in [5.41, 5.74) is 3.56. The van der Waals surface area contributed by atoms with Gasteiger partial charge in [-0.2, -0.15) is 0 Å². The van der Waals surface area contributed by atoms with Crippen molar-refractivity contribution in [1.29, 1.82) is 0 Å². The lowest BCUT2D eigenvalue weighted by molar-refractivity contribution is 0.121. The fourth-order valence-corrected chi connectivity index (χ4v) is 4.58. The molecule has 5 rings (SSSR count). The first-order valence-electron chi connectivity index (χ1n) is 10.6. The first kappa shape index (κ1) is 20.7. The quantitative estimate of drug-likeness (QED) is 0.420. The molecule has 9 heteroatoms. The molecule has 164 valence electrons. The molecule has 0 bridgehead atoms. The molecule has 1 saturated heterocycles. The summed E-state index contributed by atoms with van der Waals surface area (Å²) in [6, 6.07) is 15.7. The number of nitrogens with zero attached hydrogens (tertiary/aromatic N) is 6. The fourth-order valence-electron chi connectivity index (χ4n) is 3.76. The summed E-state index contributed by atoms with van der Waals surface area (Å²) in [5, 5.41) is 9.79. The Morgan fingerprint density at radius 1 is 1.06 bits per heavy atom. The highest BCUT2D eigenvalue weighted by Gasteiger charge is 2.21. The van der Waals surface area contributed by atoms with Crippen LogP contribution in [0, 0.1) is 6.92 Å². The largest absolute Gasteiger partial charge is 0.378 e. The van der Waals surface area contributed by atoms with Gasteiger partial charge in [-0.25, -0.2) is 4.98 Å². The zero-order valence-electron chi connectivity index (χ0n) is 17.8. The average Bonchev–Trinajstić information content (AvgIpc) is 3.21. The normalized spacial score (nSPS) is 14.2. The lowest BCUT2D eigenvalue weighted by Gasteiger charge is -2.28. The Bertz CT molecular complexity index is 1280. The van der Waals surface area contributed by atoms with Crippen molar-refractivity contribution >= 4 is 23.4 Å². The maximum absolute atomic E-state index is 12.5. The molecule has 1 fully saturated rings. The van der Waals surface area contributed by atoms with Gasteiger partial charge in [-0.15, -0.1) is 10.2 Å². The van der Waals surface area contributed by atoms with Gasteiger partial charge in [-0.3, -0.25) is 13.8 Å². The summed E-state index contributed by atoms with van der Waals surface area (Å²) in [5.74, 6) is 1.39. The molecule has 3 aromatic heterocycles. The van der Waals surface area contributed by atoms with Gasteiger partial charge in [0.2, 0.25) is 5.95 Å². The number of benzene rings is 1. The van der Waals surface area contributed by atoms with Crippen LogP contribution in [-0.2, 0) is 17.0 Å². The van der Waals surface area contributed by atoms with Gasteiger partial charge in [0.25, 0.3) is 5.56 Å². The molecule has 0 N–H and O–H groups in total. The lowest BCUT2D eigenvalue weighted by Crippen LogP contribution is -2.38. The number of aryl methyl sites for hydroxylation is 1. The molecule has 0 saturated carbocycles. The maximum Gasteiger partial charge on any atom is 0.258 e. The minimum atomic E-state index is -0.0784. The predicted molar refractivity (Wildman–Crippen MR) is 124 cm³/mol. The Morgan fingerprint density at radius 3 is 2.69 bits per heavy atom. The van der Waals surface area contributed by atoms with Crippen molar-refractivity contribution < 1.29 is 4.74 Å². The van der Waals surface area contributed by atoms with E-state index in [9.17, 15) is 4.79 Å². The molecule has 0 amide bonds. The van der Waals surface area contributed by atoms with Crippen molar-refractivity contribution in [3.8, 4) is 0 Å². The molecule has 8 nitrogen and oxygen atoms in total. The number of pyridine rings is 1. The number of thioether (sulfide) groups is 1. The van der Waals surface area contributed by atoms with Crippen LogP contribution in [0.4, 0.5) is 5.95 Å². The van der Waals surface area contributed by atoms with Gasteiger partial charge < -0.3 is 9.64 Å². The monoisotopic (exact) mass is 448 g/mol. The van der Waals surface area contributed by atoms with Gasteiger partial charge in [0.05, 0.1) is 25.5 Å². The zero-order valence-corrected chi connectivity index (χ0v) is 18.7.